The molecule has 0 bridgehead atoms. The number of aliphatic carboxylic acids is 1. The minimum atomic E-state index is -1.08. The number of hydrogen-bond donors (Lipinski definition) is 1. The third-order valence-corrected chi connectivity index (χ3v) is 5.02. The van der Waals surface area contributed by atoms with E-state index in [0.717, 1.165) is 12.2 Å². The number of methoxy groups -OCH3 is 1. The number of nitrogens with zero attached hydrogens (tertiary/aromatic N) is 2. The van der Waals surface area contributed by atoms with Crippen LogP contribution in [0.4, 0.5) is 0 Å². The molecule has 150 valence electrons. The highest BCUT2D eigenvalue weighted by Crippen LogP contribution is 2.29. The molecule has 0 aliphatic rings. The molecule has 0 aliphatic carbocycles. The molecule has 1 aromatic heterocycles. The molecule has 7 nitrogen and oxygen atoms in total. The summed E-state index contributed by atoms with van der Waals surface area (Å²) in [5.74, 6) is 0.282. The van der Waals surface area contributed by atoms with Crippen LogP contribution in [0.3, 0.4) is 0 Å². The van der Waals surface area contributed by atoms with Gasteiger partial charge < -0.3 is 14.6 Å². The molecule has 0 aliphatic heterocycles. The third-order valence-electron chi connectivity index (χ3n) is 4.06. The molecule has 0 amide bonds. The standard InChI is InChI=1S/C21H20N2O5S/c1-27-18-13-16(7-8-17(18)28-14-19(24)25)23-11-10-22-20(21(23)26)29-12-9-15-5-3-2-4-6-15/h2-8,10-11,13H,9,12,14H2,1H3,(H,24,25). The highest BCUT2D eigenvalue weighted by Gasteiger charge is 2.12. The van der Waals surface area contributed by atoms with Crippen LogP contribution in [-0.2, 0) is 11.2 Å². The van der Waals surface area contributed by atoms with Gasteiger partial charge in [0.1, 0.15) is 0 Å². The Morgan fingerprint density at radius 1 is 1.17 bits per heavy atom. The minimum Gasteiger partial charge on any atom is -0.493 e. The first-order valence-corrected chi connectivity index (χ1v) is 9.84. The van der Waals surface area contributed by atoms with Crippen molar-refractivity contribution in [1.29, 1.82) is 0 Å². The molecule has 0 spiro atoms. The Morgan fingerprint density at radius 2 is 1.97 bits per heavy atom. The zero-order valence-corrected chi connectivity index (χ0v) is 16.6. The van der Waals surface area contributed by atoms with Crippen LogP contribution in [-0.4, -0.2) is 40.1 Å². The van der Waals surface area contributed by atoms with Crippen molar-refractivity contribution in [3.05, 3.63) is 76.8 Å². The molecule has 3 aromatic rings. The molecule has 1 N–H and O–H groups in total. The molecular weight excluding hydrogens is 392 g/mol. The second-order valence-electron chi connectivity index (χ2n) is 6.01. The highest BCUT2D eigenvalue weighted by atomic mass is 32.2. The molecule has 2 aromatic carbocycles. The Labute approximate surface area is 171 Å². The van der Waals surface area contributed by atoms with Crippen LogP contribution in [0.1, 0.15) is 5.56 Å². The first-order valence-electron chi connectivity index (χ1n) is 8.86. The number of carboxylic acid groups (broad SMARTS) is 1. The van der Waals surface area contributed by atoms with Crippen molar-refractivity contribution >= 4 is 17.7 Å². The Kier molecular flexibility index (Phi) is 6.91. The predicted octanol–water partition coefficient (Wildman–Crippen LogP) is 3.04. The number of rotatable bonds is 9. The quantitative estimate of drug-likeness (QED) is 0.540. The average Bonchev–Trinajstić information content (AvgIpc) is 2.74. The lowest BCUT2D eigenvalue weighted by Gasteiger charge is -2.12. The molecule has 0 atom stereocenters. The number of aryl methyl sites for hydroxylation is 1. The van der Waals surface area contributed by atoms with Crippen LogP contribution in [0.25, 0.3) is 5.69 Å². The van der Waals surface area contributed by atoms with E-state index in [1.807, 2.05) is 18.2 Å². The van der Waals surface area contributed by atoms with Gasteiger partial charge in [0.05, 0.1) is 12.8 Å². The summed E-state index contributed by atoms with van der Waals surface area (Å²) in [6.45, 7) is -0.479. The summed E-state index contributed by atoms with van der Waals surface area (Å²) in [6.07, 6.45) is 3.99. The number of ether oxygens (including phenoxy) is 2. The predicted molar refractivity (Wildman–Crippen MR) is 110 cm³/mol. The summed E-state index contributed by atoms with van der Waals surface area (Å²) in [4.78, 5) is 27.8. The summed E-state index contributed by atoms with van der Waals surface area (Å²) < 4.78 is 11.9. The maximum absolute atomic E-state index is 12.8. The second kappa shape index (κ2) is 9.79. The summed E-state index contributed by atoms with van der Waals surface area (Å²) in [7, 11) is 1.45. The van der Waals surface area contributed by atoms with Gasteiger partial charge in [0.2, 0.25) is 0 Å². The number of aromatic nitrogens is 2. The van der Waals surface area contributed by atoms with E-state index in [9.17, 15) is 9.59 Å². The van der Waals surface area contributed by atoms with E-state index in [4.69, 9.17) is 14.6 Å². The van der Waals surface area contributed by atoms with E-state index in [1.54, 1.807) is 30.6 Å². The lowest BCUT2D eigenvalue weighted by Crippen LogP contribution is -2.20. The Morgan fingerprint density at radius 3 is 2.69 bits per heavy atom. The van der Waals surface area contributed by atoms with Gasteiger partial charge in [-0.05, 0) is 24.1 Å². The van der Waals surface area contributed by atoms with Gasteiger partial charge in [-0.1, -0.05) is 30.3 Å². The normalized spacial score (nSPS) is 10.5. The van der Waals surface area contributed by atoms with Crippen LogP contribution in [0.15, 0.2) is 70.7 Å². The summed E-state index contributed by atoms with van der Waals surface area (Å²) in [5, 5.41) is 9.17. The van der Waals surface area contributed by atoms with Crippen molar-refractivity contribution < 1.29 is 19.4 Å². The molecule has 0 fully saturated rings. The maximum Gasteiger partial charge on any atom is 0.341 e. The molecule has 0 unspecified atom stereocenters. The van der Waals surface area contributed by atoms with E-state index < -0.39 is 12.6 Å². The van der Waals surface area contributed by atoms with Gasteiger partial charge >= 0.3 is 5.97 Å². The summed E-state index contributed by atoms with van der Waals surface area (Å²) >= 11 is 1.41. The molecule has 29 heavy (non-hydrogen) atoms. The van der Waals surface area contributed by atoms with Gasteiger partial charge in [-0.25, -0.2) is 9.78 Å². The smallest absolute Gasteiger partial charge is 0.341 e. The van der Waals surface area contributed by atoms with Crippen molar-refractivity contribution in [2.75, 3.05) is 19.5 Å². The van der Waals surface area contributed by atoms with E-state index in [-0.39, 0.29) is 5.56 Å². The highest BCUT2D eigenvalue weighted by molar-refractivity contribution is 7.99. The Balaban J connectivity index is 1.77. The first kappa shape index (κ1) is 20.5. The minimum absolute atomic E-state index is 0.230. The van der Waals surface area contributed by atoms with Crippen molar-refractivity contribution in [1.82, 2.24) is 9.55 Å². The molecular formula is C21H20N2O5S. The zero-order chi connectivity index (χ0) is 20.6. The van der Waals surface area contributed by atoms with Gasteiger partial charge in [0.15, 0.2) is 23.1 Å². The number of thioether (sulfide) groups is 1. The molecule has 0 radical (unpaired) electrons. The van der Waals surface area contributed by atoms with Crippen LogP contribution in [0, 0.1) is 0 Å². The van der Waals surface area contributed by atoms with Gasteiger partial charge in [-0.15, -0.1) is 11.8 Å². The fourth-order valence-corrected chi connectivity index (χ4v) is 3.56. The van der Waals surface area contributed by atoms with Crippen molar-refractivity contribution in [2.45, 2.75) is 11.4 Å². The van der Waals surface area contributed by atoms with Gasteiger partial charge in [0.25, 0.3) is 5.56 Å². The average molecular weight is 412 g/mol. The van der Waals surface area contributed by atoms with E-state index in [0.29, 0.717) is 22.2 Å². The molecule has 0 saturated heterocycles. The molecule has 1 heterocycles. The lowest BCUT2D eigenvalue weighted by atomic mass is 10.2. The van der Waals surface area contributed by atoms with E-state index in [1.165, 1.54) is 29.0 Å². The van der Waals surface area contributed by atoms with Crippen molar-refractivity contribution in [2.24, 2.45) is 0 Å². The molecule has 8 heteroatoms. The van der Waals surface area contributed by atoms with Gasteiger partial charge in [-0.3, -0.25) is 9.36 Å². The SMILES string of the molecule is COc1cc(-n2ccnc(SCCc3ccccc3)c2=O)ccc1OCC(=O)O. The van der Waals surface area contributed by atoms with E-state index >= 15 is 0 Å². The third kappa shape index (κ3) is 5.39. The number of carbonyl (C=O) groups is 1. The zero-order valence-electron chi connectivity index (χ0n) is 15.8. The fourth-order valence-electron chi connectivity index (χ4n) is 2.67. The van der Waals surface area contributed by atoms with Crippen molar-refractivity contribution in [3.8, 4) is 17.2 Å². The van der Waals surface area contributed by atoms with Crippen LogP contribution >= 0.6 is 11.8 Å². The van der Waals surface area contributed by atoms with Crippen LogP contribution < -0.4 is 15.0 Å². The Hall–Kier alpha value is -3.26. The number of benzene rings is 2. The van der Waals surface area contributed by atoms with Gasteiger partial charge in [0, 0.05) is 24.2 Å². The maximum atomic E-state index is 12.8. The molecule has 0 saturated carbocycles. The number of hydrogen-bond acceptors (Lipinski definition) is 6. The summed E-state index contributed by atoms with van der Waals surface area (Å²) in [6, 6.07) is 14.9. The lowest BCUT2D eigenvalue weighted by molar-refractivity contribution is -0.139. The fraction of sp³-hybridized carbons (Fsp3) is 0.190. The van der Waals surface area contributed by atoms with Crippen LogP contribution in [0.2, 0.25) is 0 Å². The van der Waals surface area contributed by atoms with E-state index in [2.05, 4.69) is 17.1 Å². The monoisotopic (exact) mass is 412 g/mol. The second-order valence-corrected chi connectivity index (χ2v) is 7.09. The molecule has 3 rings (SSSR count). The largest absolute Gasteiger partial charge is 0.493 e. The van der Waals surface area contributed by atoms with Gasteiger partial charge in [-0.2, -0.15) is 0 Å². The van der Waals surface area contributed by atoms with Crippen LogP contribution in [0.5, 0.6) is 11.5 Å². The Bertz CT molecular complexity index is 1040. The number of carboxylic acids is 1. The first-order chi connectivity index (χ1) is 14.1. The topological polar surface area (TPSA) is 90.7 Å². The summed E-state index contributed by atoms with van der Waals surface area (Å²) in [5.41, 5.74) is 1.55. The van der Waals surface area contributed by atoms with Crippen molar-refractivity contribution in [3.63, 3.8) is 0 Å².